The van der Waals surface area contributed by atoms with Crippen molar-refractivity contribution in [2.75, 3.05) is 23.9 Å². The summed E-state index contributed by atoms with van der Waals surface area (Å²) in [6.45, 7) is 0. The van der Waals surface area contributed by atoms with Crippen molar-refractivity contribution in [2.45, 2.75) is 12.5 Å². The van der Waals surface area contributed by atoms with Gasteiger partial charge < -0.3 is 10.1 Å². The third-order valence-corrected chi connectivity index (χ3v) is 3.80. The quantitative estimate of drug-likeness (QED) is 0.660. The molecule has 2 rings (SSSR count). The van der Waals surface area contributed by atoms with E-state index in [9.17, 15) is 10.1 Å². The fraction of sp³-hybridized carbons (Fsp3) is 0.455. The molecule has 0 spiro atoms. The number of anilines is 1. The number of ether oxygens (including phenoxy) is 1. The van der Waals surface area contributed by atoms with Crippen molar-refractivity contribution in [1.82, 2.24) is 0 Å². The molecular formula is C11H14N2O3S. The second-order valence-electron chi connectivity index (χ2n) is 3.88. The van der Waals surface area contributed by atoms with Gasteiger partial charge in [0.1, 0.15) is 5.75 Å². The predicted octanol–water partition coefficient (Wildman–Crippen LogP) is 2.52. The van der Waals surface area contributed by atoms with Gasteiger partial charge in [0.2, 0.25) is 0 Å². The highest BCUT2D eigenvalue weighted by Gasteiger charge is 2.17. The summed E-state index contributed by atoms with van der Waals surface area (Å²) in [5.41, 5.74) is 0.807. The highest BCUT2D eigenvalue weighted by Crippen LogP contribution is 2.28. The van der Waals surface area contributed by atoms with E-state index in [0.717, 1.165) is 23.6 Å². The van der Waals surface area contributed by atoms with Crippen LogP contribution < -0.4 is 10.1 Å². The standard InChI is InChI=1S/C11H14N2O3S/c1-16-11-5-9(4-10(6-11)13(14)15)12-8-2-3-17-7-8/h4-6,8,12H,2-3,7H2,1H3. The van der Waals surface area contributed by atoms with Gasteiger partial charge in [-0.15, -0.1) is 0 Å². The van der Waals surface area contributed by atoms with E-state index in [-0.39, 0.29) is 5.69 Å². The minimum Gasteiger partial charge on any atom is -0.496 e. The molecule has 92 valence electrons. The Bertz CT molecular complexity index is 419. The van der Waals surface area contributed by atoms with Gasteiger partial charge in [0.25, 0.3) is 5.69 Å². The summed E-state index contributed by atoms with van der Waals surface area (Å²) in [5, 5.41) is 14.1. The van der Waals surface area contributed by atoms with E-state index in [0.29, 0.717) is 11.8 Å². The molecule has 1 heterocycles. The lowest BCUT2D eigenvalue weighted by molar-refractivity contribution is -0.384. The molecule has 1 saturated heterocycles. The first kappa shape index (κ1) is 12.0. The molecule has 0 radical (unpaired) electrons. The minimum absolute atomic E-state index is 0.0532. The highest BCUT2D eigenvalue weighted by atomic mass is 32.2. The lowest BCUT2D eigenvalue weighted by atomic mass is 10.2. The largest absolute Gasteiger partial charge is 0.496 e. The van der Waals surface area contributed by atoms with Gasteiger partial charge in [-0.2, -0.15) is 11.8 Å². The van der Waals surface area contributed by atoms with Crippen molar-refractivity contribution >= 4 is 23.1 Å². The highest BCUT2D eigenvalue weighted by molar-refractivity contribution is 7.99. The molecule has 1 atom stereocenters. The summed E-state index contributed by atoms with van der Waals surface area (Å²) >= 11 is 1.89. The van der Waals surface area contributed by atoms with E-state index in [1.54, 1.807) is 12.1 Å². The van der Waals surface area contributed by atoms with E-state index < -0.39 is 4.92 Å². The topological polar surface area (TPSA) is 64.4 Å². The predicted molar refractivity (Wildman–Crippen MR) is 69.0 cm³/mol. The number of benzene rings is 1. The van der Waals surface area contributed by atoms with Crippen LogP contribution in [-0.2, 0) is 0 Å². The van der Waals surface area contributed by atoms with Gasteiger partial charge in [0, 0.05) is 29.6 Å². The summed E-state index contributed by atoms with van der Waals surface area (Å²) in [4.78, 5) is 10.4. The smallest absolute Gasteiger partial charge is 0.275 e. The van der Waals surface area contributed by atoms with Crippen LogP contribution in [0.25, 0.3) is 0 Å². The lowest BCUT2D eigenvalue weighted by Crippen LogP contribution is -2.18. The van der Waals surface area contributed by atoms with Crippen LogP contribution in [0.15, 0.2) is 18.2 Å². The number of thioether (sulfide) groups is 1. The molecular weight excluding hydrogens is 240 g/mol. The zero-order valence-electron chi connectivity index (χ0n) is 9.51. The maximum atomic E-state index is 10.8. The molecule has 0 bridgehead atoms. The molecule has 1 aromatic rings. The van der Waals surface area contributed by atoms with Crippen molar-refractivity contribution in [3.05, 3.63) is 28.3 Å². The SMILES string of the molecule is COc1cc(NC2CCSC2)cc([N+](=O)[O-])c1. The second-order valence-corrected chi connectivity index (χ2v) is 5.03. The fourth-order valence-corrected chi connectivity index (χ4v) is 2.93. The average Bonchev–Trinajstić information content (AvgIpc) is 2.81. The van der Waals surface area contributed by atoms with Crippen LogP contribution in [0.2, 0.25) is 0 Å². The molecule has 0 aliphatic carbocycles. The van der Waals surface area contributed by atoms with Gasteiger partial charge in [-0.3, -0.25) is 10.1 Å². The number of hydrogen-bond acceptors (Lipinski definition) is 5. The number of nitro benzene ring substituents is 1. The minimum atomic E-state index is -0.406. The molecule has 1 aromatic carbocycles. The van der Waals surface area contributed by atoms with Gasteiger partial charge in [0.15, 0.2) is 0 Å². The Morgan fingerprint density at radius 2 is 2.35 bits per heavy atom. The number of non-ortho nitro benzene ring substituents is 1. The van der Waals surface area contributed by atoms with Gasteiger partial charge in [-0.1, -0.05) is 0 Å². The van der Waals surface area contributed by atoms with Crippen molar-refractivity contribution in [3.63, 3.8) is 0 Å². The molecule has 1 N–H and O–H groups in total. The fourth-order valence-electron chi connectivity index (χ4n) is 1.77. The maximum Gasteiger partial charge on any atom is 0.275 e. The Labute approximate surface area is 104 Å². The summed E-state index contributed by atoms with van der Waals surface area (Å²) in [6, 6.07) is 5.16. The average molecular weight is 254 g/mol. The van der Waals surface area contributed by atoms with Crippen molar-refractivity contribution in [2.24, 2.45) is 0 Å². The third kappa shape index (κ3) is 3.03. The molecule has 1 fully saturated rings. The number of nitrogens with one attached hydrogen (secondary N) is 1. The summed E-state index contributed by atoms with van der Waals surface area (Å²) in [7, 11) is 1.51. The van der Waals surface area contributed by atoms with Crippen LogP contribution in [0.5, 0.6) is 5.75 Å². The first-order valence-corrected chi connectivity index (χ1v) is 6.52. The van der Waals surface area contributed by atoms with Gasteiger partial charge in [-0.05, 0) is 12.2 Å². The van der Waals surface area contributed by atoms with E-state index in [4.69, 9.17) is 4.74 Å². The summed E-state index contributed by atoms with van der Waals surface area (Å²) in [5.74, 6) is 2.70. The van der Waals surface area contributed by atoms with Crippen LogP contribution in [0.1, 0.15) is 6.42 Å². The number of nitro groups is 1. The Kier molecular flexibility index (Phi) is 3.73. The first-order valence-electron chi connectivity index (χ1n) is 5.37. The van der Waals surface area contributed by atoms with Gasteiger partial charge >= 0.3 is 0 Å². The Hall–Kier alpha value is -1.43. The zero-order valence-corrected chi connectivity index (χ0v) is 10.3. The Balaban J connectivity index is 2.19. The molecule has 1 aliphatic heterocycles. The number of nitrogens with zero attached hydrogens (tertiary/aromatic N) is 1. The number of methoxy groups -OCH3 is 1. The maximum absolute atomic E-state index is 10.8. The monoisotopic (exact) mass is 254 g/mol. The molecule has 1 unspecified atom stereocenters. The van der Waals surface area contributed by atoms with Crippen molar-refractivity contribution < 1.29 is 9.66 Å². The summed E-state index contributed by atoms with van der Waals surface area (Å²) in [6.07, 6.45) is 1.09. The van der Waals surface area contributed by atoms with E-state index in [1.165, 1.54) is 13.2 Å². The van der Waals surface area contributed by atoms with Crippen molar-refractivity contribution in [1.29, 1.82) is 0 Å². The molecule has 0 aromatic heterocycles. The first-order chi connectivity index (χ1) is 8.19. The van der Waals surface area contributed by atoms with E-state index in [2.05, 4.69) is 5.32 Å². The van der Waals surface area contributed by atoms with E-state index >= 15 is 0 Å². The molecule has 0 saturated carbocycles. The third-order valence-electron chi connectivity index (χ3n) is 2.64. The van der Waals surface area contributed by atoms with Gasteiger partial charge in [0.05, 0.1) is 18.1 Å². The van der Waals surface area contributed by atoms with Crippen LogP contribution in [0.4, 0.5) is 11.4 Å². The van der Waals surface area contributed by atoms with Crippen LogP contribution in [0, 0.1) is 10.1 Å². The number of hydrogen-bond donors (Lipinski definition) is 1. The molecule has 5 nitrogen and oxygen atoms in total. The Morgan fingerprint density at radius 3 is 2.94 bits per heavy atom. The second kappa shape index (κ2) is 5.27. The zero-order chi connectivity index (χ0) is 12.3. The number of rotatable bonds is 4. The normalized spacial score (nSPS) is 19.0. The molecule has 17 heavy (non-hydrogen) atoms. The lowest BCUT2D eigenvalue weighted by Gasteiger charge is -2.13. The van der Waals surface area contributed by atoms with Crippen LogP contribution in [-0.4, -0.2) is 29.6 Å². The molecule has 6 heteroatoms. The van der Waals surface area contributed by atoms with Crippen molar-refractivity contribution in [3.8, 4) is 5.75 Å². The Morgan fingerprint density at radius 1 is 1.53 bits per heavy atom. The van der Waals surface area contributed by atoms with E-state index in [1.807, 2.05) is 11.8 Å². The van der Waals surface area contributed by atoms with Crippen LogP contribution in [0.3, 0.4) is 0 Å². The molecule has 1 aliphatic rings. The van der Waals surface area contributed by atoms with Gasteiger partial charge in [-0.25, -0.2) is 0 Å². The summed E-state index contributed by atoms with van der Waals surface area (Å²) < 4.78 is 5.06. The van der Waals surface area contributed by atoms with Crippen LogP contribution >= 0.6 is 11.8 Å². The molecule has 0 amide bonds.